The van der Waals surface area contributed by atoms with Gasteiger partial charge in [0, 0.05) is 4.88 Å². The molecule has 9 heteroatoms. The lowest BCUT2D eigenvalue weighted by Crippen LogP contribution is -2.11. The summed E-state index contributed by atoms with van der Waals surface area (Å²) < 4.78 is 1.43. The van der Waals surface area contributed by atoms with Gasteiger partial charge in [-0.25, -0.2) is 4.98 Å². The van der Waals surface area contributed by atoms with Gasteiger partial charge in [0.25, 0.3) is 5.95 Å². The van der Waals surface area contributed by atoms with Crippen molar-refractivity contribution in [1.29, 1.82) is 0 Å². The number of hydrogen-bond acceptors (Lipinski definition) is 8. The molecule has 0 aliphatic carbocycles. The molecule has 0 atom stereocenters. The molecule has 0 fully saturated rings. The maximum atomic E-state index is 5.68. The van der Waals surface area contributed by atoms with E-state index in [1.807, 2.05) is 0 Å². The second-order valence-corrected chi connectivity index (χ2v) is 5.04. The van der Waals surface area contributed by atoms with E-state index < -0.39 is 0 Å². The zero-order chi connectivity index (χ0) is 13.9. The van der Waals surface area contributed by atoms with E-state index in [0.29, 0.717) is 18.4 Å². The van der Waals surface area contributed by atoms with Crippen molar-refractivity contribution in [1.82, 2.24) is 29.7 Å². The number of thiophene rings is 1. The van der Waals surface area contributed by atoms with Gasteiger partial charge in [0.05, 0.1) is 6.54 Å². The van der Waals surface area contributed by atoms with Crippen LogP contribution in [0, 0.1) is 6.92 Å². The normalized spacial score (nSPS) is 10.7. The van der Waals surface area contributed by atoms with Crippen molar-refractivity contribution in [3.05, 3.63) is 34.5 Å². The van der Waals surface area contributed by atoms with Crippen LogP contribution in [0.3, 0.4) is 0 Å². The Morgan fingerprint density at radius 1 is 1.35 bits per heavy atom. The fourth-order valence-corrected chi connectivity index (χ4v) is 2.46. The van der Waals surface area contributed by atoms with E-state index in [9.17, 15) is 0 Å². The predicted octanol–water partition coefficient (Wildman–Crippen LogP) is 1.02. The highest BCUT2D eigenvalue weighted by atomic mass is 32.1. The topological polar surface area (TPSA) is 107 Å². The predicted molar refractivity (Wildman–Crippen MR) is 75.5 cm³/mol. The number of hydrogen-bond donors (Lipinski definition) is 2. The Bertz CT molecular complexity index is 705. The summed E-state index contributed by atoms with van der Waals surface area (Å²) in [7, 11) is 0. The van der Waals surface area contributed by atoms with E-state index in [0.717, 1.165) is 0 Å². The molecule has 8 nitrogen and oxygen atoms in total. The van der Waals surface area contributed by atoms with E-state index in [2.05, 4.69) is 48.7 Å². The molecule has 0 radical (unpaired) electrons. The summed E-state index contributed by atoms with van der Waals surface area (Å²) in [5.41, 5.74) is 6.92. The van der Waals surface area contributed by atoms with Crippen molar-refractivity contribution in [3.63, 3.8) is 0 Å². The van der Waals surface area contributed by atoms with E-state index >= 15 is 0 Å². The van der Waals surface area contributed by atoms with Crippen LogP contribution in [-0.2, 0) is 6.54 Å². The first-order chi connectivity index (χ1) is 9.72. The first-order valence-corrected chi connectivity index (χ1v) is 6.74. The fourth-order valence-electron chi connectivity index (χ4n) is 1.62. The number of aromatic nitrogens is 6. The number of anilines is 2. The fraction of sp³-hybridized carbons (Fsp3) is 0.182. The largest absolute Gasteiger partial charge is 0.368 e. The van der Waals surface area contributed by atoms with Crippen LogP contribution in [0.4, 0.5) is 11.9 Å². The molecule has 0 saturated heterocycles. The van der Waals surface area contributed by atoms with Gasteiger partial charge in [-0.15, -0.1) is 11.3 Å². The summed E-state index contributed by atoms with van der Waals surface area (Å²) in [5, 5.41) is 9.15. The second kappa shape index (κ2) is 5.21. The maximum Gasteiger partial charge on any atom is 0.258 e. The minimum Gasteiger partial charge on any atom is -0.368 e. The summed E-state index contributed by atoms with van der Waals surface area (Å²) in [5.74, 6) is 0.882. The first-order valence-electron chi connectivity index (χ1n) is 5.86. The summed E-state index contributed by atoms with van der Waals surface area (Å²) in [6, 6.07) is 2.07. The molecule has 0 unspecified atom stereocenters. The van der Waals surface area contributed by atoms with Crippen LogP contribution in [-0.4, -0.2) is 29.7 Å². The number of aryl methyl sites for hydroxylation is 1. The zero-order valence-electron chi connectivity index (χ0n) is 10.7. The van der Waals surface area contributed by atoms with Crippen molar-refractivity contribution >= 4 is 23.2 Å². The van der Waals surface area contributed by atoms with Crippen LogP contribution < -0.4 is 11.1 Å². The highest BCUT2D eigenvalue weighted by Gasteiger charge is 2.07. The van der Waals surface area contributed by atoms with Crippen molar-refractivity contribution in [3.8, 4) is 5.95 Å². The van der Waals surface area contributed by atoms with Crippen LogP contribution in [0.25, 0.3) is 5.95 Å². The Morgan fingerprint density at radius 3 is 2.95 bits per heavy atom. The number of nitrogens with one attached hydrogen (secondary N) is 1. The van der Waals surface area contributed by atoms with Gasteiger partial charge in [0.1, 0.15) is 12.7 Å². The third-order valence-electron chi connectivity index (χ3n) is 2.64. The highest BCUT2D eigenvalue weighted by molar-refractivity contribution is 7.10. The molecular formula is C11H12N8S. The van der Waals surface area contributed by atoms with Crippen molar-refractivity contribution < 1.29 is 0 Å². The molecule has 3 rings (SSSR count). The van der Waals surface area contributed by atoms with Gasteiger partial charge in [0.2, 0.25) is 11.9 Å². The number of nitrogens with two attached hydrogens (primary N) is 1. The molecule has 0 aliphatic heterocycles. The van der Waals surface area contributed by atoms with Crippen molar-refractivity contribution in [2.75, 3.05) is 11.1 Å². The molecule has 0 amide bonds. The lowest BCUT2D eigenvalue weighted by Gasteiger charge is -2.06. The summed E-state index contributed by atoms with van der Waals surface area (Å²) in [6.07, 6.45) is 2.91. The Balaban J connectivity index is 1.81. The minimum absolute atomic E-state index is 0.135. The highest BCUT2D eigenvalue weighted by Crippen LogP contribution is 2.16. The molecular weight excluding hydrogens is 276 g/mol. The first kappa shape index (κ1) is 12.5. The molecule has 20 heavy (non-hydrogen) atoms. The Labute approximate surface area is 118 Å². The molecule has 0 bridgehead atoms. The van der Waals surface area contributed by atoms with Gasteiger partial charge in [-0.2, -0.15) is 24.7 Å². The van der Waals surface area contributed by atoms with Crippen molar-refractivity contribution in [2.24, 2.45) is 0 Å². The van der Waals surface area contributed by atoms with Crippen LogP contribution in [0.15, 0.2) is 24.1 Å². The molecule has 0 aliphatic rings. The lowest BCUT2D eigenvalue weighted by atomic mass is 10.3. The van der Waals surface area contributed by atoms with Crippen LogP contribution in [0.1, 0.15) is 10.4 Å². The molecule has 3 N–H and O–H groups in total. The maximum absolute atomic E-state index is 5.68. The van der Waals surface area contributed by atoms with Crippen LogP contribution in [0.5, 0.6) is 0 Å². The molecule has 102 valence electrons. The molecule has 0 aromatic carbocycles. The average Bonchev–Trinajstić information content (AvgIpc) is 3.07. The molecule has 0 spiro atoms. The molecule has 3 aromatic heterocycles. The van der Waals surface area contributed by atoms with Crippen molar-refractivity contribution in [2.45, 2.75) is 13.5 Å². The molecule has 3 aromatic rings. The van der Waals surface area contributed by atoms with E-state index in [4.69, 9.17) is 5.73 Å². The molecule has 3 heterocycles. The van der Waals surface area contributed by atoms with E-state index in [-0.39, 0.29) is 5.95 Å². The minimum atomic E-state index is 0.135. The lowest BCUT2D eigenvalue weighted by molar-refractivity contribution is 0.797. The van der Waals surface area contributed by atoms with Gasteiger partial charge in [-0.3, -0.25) is 0 Å². The van der Waals surface area contributed by atoms with Crippen LogP contribution >= 0.6 is 11.3 Å². The SMILES string of the molecule is Cc1ccsc1CNc1nc(N)nc(-n2cncn2)n1. The van der Waals surface area contributed by atoms with E-state index in [1.54, 1.807) is 11.3 Å². The van der Waals surface area contributed by atoms with Gasteiger partial charge >= 0.3 is 0 Å². The third kappa shape index (κ3) is 2.57. The van der Waals surface area contributed by atoms with E-state index in [1.165, 1.54) is 27.8 Å². The average molecular weight is 288 g/mol. The Hall–Kier alpha value is -2.55. The van der Waals surface area contributed by atoms with Gasteiger partial charge < -0.3 is 11.1 Å². The summed E-state index contributed by atoms with van der Waals surface area (Å²) >= 11 is 1.68. The monoisotopic (exact) mass is 288 g/mol. The third-order valence-corrected chi connectivity index (χ3v) is 3.66. The number of nitrogen functional groups attached to an aromatic ring is 1. The van der Waals surface area contributed by atoms with Gasteiger partial charge in [0.15, 0.2) is 0 Å². The number of rotatable bonds is 4. The Morgan fingerprint density at radius 2 is 2.25 bits per heavy atom. The quantitative estimate of drug-likeness (QED) is 0.737. The summed E-state index contributed by atoms with van der Waals surface area (Å²) in [6.45, 7) is 2.71. The Kier molecular flexibility index (Phi) is 3.25. The zero-order valence-corrected chi connectivity index (χ0v) is 11.5. The summed E-state index contributed by atoms with van der Waals surface area (Å²) in [4.78, 5) is 17.4. The van der Waals surface area contributed by atoms with Gasteiger partial charge in [-0.05, 0) is 23.9 Å². The van der Waals surface area contributed by atoms with Gasteiger partial charge in [-0.1, -0.05) is 0 Å². The smallest absolute Gasteiger partial charge is 0.258 e. The standard InChI is InChI=1S/C11H12N8S/c1-7-2-3-20-8(7)4-14-10-16-9(12)17-11(18-10)19-6-13-5-15-19/h2-3,5-6H,4H2,1H3,(H3,12,14,16,17,18). The number of nitrogens with zero attached hydrogens (tertiary/aromatic N) is 6. The second-order valence-electron chi connectivity index (χ2n) is 4.04. The van der Waals surface area contributed by atoms with Crippen LogP contribution in [0.2, 0.25) is 0 Å². The molecule has 0 saturated carbocycles.